The van der Waals surface area contributed by atoms with Crippen LogP contribution in [0.5, 0.6) is 0 Å². The Labute approximate surface area is 213 Å². The molecule has 13 heteroatoms. The third kappa shape index (κ3) is 3.94. The number of rotatable bonds is 8. The molecule has 3 heterocycles. The topological polar surface area (TPSA) is 171 Å². The molecule has 192 valence electrons. The average molecular weight is 524 g/mol. The van der Waals surface area contributed by atoms with Crippen molar-refractivity contribution in [2.45, 2.75) is 35.3 Å². The Kier molecular flexibility index (Phi) is 5.98. The second-order valence-corrected chi connectivity index (χ2v) is 12.4. The van der Waals surface area contributed by atoms with Gasteiger partial charge in [-0.1, -0.05) is 12.1 Å². The fourth-order valence-electron chi connectivity index (χ4n) is 5.00. The Hall–Kier alpha value is -3.85. The molecule has 0 atom stereocenters. The average Bonchev–Trinajstić information content (AvgIpc) is 3.58. The van der Waals surface area contributed by atoms with Gasteiger partial charge in [0.05, 0.1) is 29.6 Å². The molecule has 12 nitrogen and oxygen atoms in total. The highest BCUT2D eigenvalue weighted by molar-refractivity contribution is 7.95. The Bertz CT molecular complexity index is 1470. The number of nitriles is 1. The summed E-state index contributed by atoms with van der Waals surface area (Å²) >= 11 is 0. The van der Waals surface area contributed by atoms with E-state index in [0.29, 0.717) is 30.4 Å². The molecule has 0 unspecified atom stereocenters. The lowest BCUT2D eigenvalue weighted by Gasteiger charge is -2.39. The molecule has 0 spiro atoms. The first kappa shape index (κ1) is 24.8. The lowest BCUT2D eigenvalue weighted by molar-refractivity contribution is -0.0349. The van der Waals surface area contributed by atoms with Crippen molar-refractivity contribution in [1.29, 1.82) is 5.26 Å². The van der Waals surface area contributed by atoms with Gasteiger partial charge in [-0.3, -0.25) is 14.3 Å². The Morgan fingerprint density at radius 3 is 2.59 bits per heavy atom. The van der Waals surface area contributed by atoms with Crippen molar-refractivity contribution in [3.63, 3.8) is 0 Å². The minimum atomic E-state index is -3.80. The number of aryl methyl sites for hydroxylation is 1. The highest BCUT2D eigenvalue weighted by Gasteiger charge is 2.67. The molecule has 37 heavy (non-hydrogen) atoms. The van der Waals surface area contributed by atoms with Crippen molar-refractivity contribution < 1.29 is 27.5 Å². The molecule has 1 aliphatic carbocycles. The summed E-state index contributed by atoms with van der Waals surface area (Å²) in [6, 6.07) is 8.88. The van der Waals surface area contributed by atoms with Crippen LogP contribution in [0.15, 0.2) is 24.3 Å². The van der Waals surface area contributed by atoms with Crippen molar-refractivity contribution in [3.05, 3.63) is 57.9 Å². The normalized spacial score (nSPS) is 19.1. The Morgan fingerprint density at radius 2 is 2.03 bits per heavy atom. The van der Waals surface area contributed by atoms with E-state index < -0.39 is 25.2 Å². The lowest BCUT2D eigenvalue weighted by Crippen LogP contribution is -2.62. The van der Waals surface area contributed by atoms with Gasteiger partial charge in [0.2, 0.25) is 4.75 Å². The summed E-state index contributed by atoms with van der Waals surface area (Å²) in [5.74, 6) is -0.794. The summed E-state index contributed by atoms with van der Waals surface area (Å²) in [5, 5.41) is 16.0. The fraction of sp³-hybridized carbons (Fsp3) is 0.458. The molecule has 1 saturated carbocycles. The first-order valence-corrected chi connectivity index (χ1v) is 13.3. The van der Waals surface area contributed by atoms with Gasteiger partial charge in [-0.2, -0.15) is 15.2 Å². The molecule has 3 aliphatic rings. The molecule has 2 aromatic rings. The van der Waals surface area contributed by atoms with Gasteiger partial charge in [-0.25, -0.2) is 8.42 Å². The standard InChI is InChI=1S/C24H25N7O5S/c1-30-20-18(19(29-30)21(32)27-11-17-4-2-16(10-25)3-5-17)6-9-31(22(20)33)13-23(7-8-23)37(34,35)24(12-28-26)14-36-15-24/h2-5,12H,6-9,11,13-15H2,1H3,(H,27,32). The van der Waals surface area contributed by atoms with E-state index in [-0.39, 0.29) is 50.1 Å². The Morgan fingerprint density at radius 1 is 1.32 bits per heavy atom. The van der Waals surface area contributed by atoms with E-state index in [9.17, 15) is 18.0 Å². The van der Waals surface area contributed by atoms with Crippen LogP contribution in [0.1, 0.15) is 50.5 Å². The smallest absolute Gasteiger partial charge is 0.283 e. The molecule has 2 fully saturated rings. The molecular weight excluding hydrogens is 498 g/mol. The molecule has 1 aromatic carbocycles. The second kappa shape index (κ2) is 8.92. The number of hydrogen-bond donors (Lipinski definition) is 1. The SMILES string of the molecule is Cn1nc(C(=O)NCc2ccc(C#N)cc2)c2c1C(=O)N(CC1(S(=O)(=O)C3(C=[N+]=[N-])COC3)CC1)CC2. The molecule has 5 rings (SSSR count). The highest BCUT2D eigenvalue weighted by Crippen LogP contribution is 2.50. The maximum Gasteiger partial charge on any atom is 0.283 e. The fourth-order valence-corrected chi connectivity index (χ4v) is 7.50. The van der Waals surface area contributed by atoms with E-state index in [0.717, 1.165) is 11.8 Å². The number of nitrogens with zero attached hydrogens (tertiary/aromatic N) is 6. The summed E-state index contributed by atoms with van der Waals surface area (Å²) in [6.45, 7) is 0.338. The zero-order valence-electron chi connectivity index (χ0n) is 20.2. The number of hydrogen-bond acceptors (Lipinski definition) is 7. The minimum absolute atomic E-state index is 0.0139. The van der Waals surface area contributed by atoms with Gasteiger partial charge in [0, 0.05) is 32.2 Å². The predicted molar refractivity (Wildman–Crippen MR) is 129 cm³/mol. The molecular formula is C24H25N7O5S. The van der Waals surface area contributed by atoms with Crippen molar-refractivity contribution in [3.8, 4) is 6.07 Å². The van der Waals surface area contributed by atoms with Crippen LogP contribution in [0.3, 0.4) is 0 Å². The van der Waals surface area contributed by atoms with Gasteiger partial charge in [0.1, 0.15) is 5.69 Å². The first-order valence-electron chi connectivity index (χ1n) is 11.8. The van der Waals surface area contributed by atoms with Gasteiger partial charge in [-0.05, 0) is 37.0 Å². The van der Waals surface area contributed by atoms with Crippen molar-refractivity contribution in [2.24, 2.45) is 7.05 Å². The minimum Gasteiger partial charge on any atom is -0.377 e. The second-order valence-electron chi connectivity index (χ2n) is 9.76. The van der Waals surface area contributed by atoms with Crippen LogP contribution in [0.4, 0.5) is 0 Å². The van der Waals surface area contributed by atoms with Crippen LogP contribution in [0, 0.1) is 11.3 Å². The van der Waals surface area contributed by atoms with Crippen molar-refractivity contribution >= 4 is 27.9 Å². The van der Waals surface area contributed by atoms with Crippen molar-refractivity contribution in [1.82, 2.24) is 20.0 Å². The zero-order valence-corrected chi connectivity index (χ0v) is 21.0. The maximum absolute atomic E-state index is 13.5. The van der Waals surface area contributed by atoms with E-state index in [2.05, 4.69) is 15.2 Å². The number of aromatic nitrogens is 2. The van der Waals surface area contributed by atoms with E-state index in [4.69, 9.17) is 15.5 Å². The third-order valence-electron chi connectivity index (χ3n) is 7.40. The number of fused-ring (bicyclic) bond motifs is 1. The summed E-state index contributed by atoms with van der Waals surface area (Å²) in [4.78, 5) is 30.8. The number of carbonyl (C=O) groups is 2. The maximum atomic E-state index is 13.5. The van der Waals surface area contributed by atoms with Crippen molar-refractivity contribution in [2.75, 3.05) is 26.3 Å². The van der Waals surface area contributed by atoms with E-state index >= 15 is 0 Å². The van der Waals surface area contributed by atoms with Gasteiger partial charge in [0.15, 0.2) is 15.5 Å². The predicted octanol–water partition coefficient (Wildman–Crippen LogP) is 0.237. The summed E-state index contributed by atoms with van der Waals surface area (Å²) < 4.78 is 31.0. The summed E-state index contributed by atoms with van der Waals surface area (Å²) in [5.41, 5.74) is 11.3. The number of nitrogens with one attached hydrogen (secondary N) is 1. The Balaban J connectivity index is 1.32. The van der Waals surface area contributed by atoms with Crippen LogP contribution in [0.25, 0.3) is 5.53 Å². The number of ether oxygens (including phenoxy) is 1. The third-order valence-corrected chi connectivity index (χ3v) is 10.5. The number of benzene rings is 1. The van der Waals surface area contributed by atoms with Crippen LogP contribution in [-0.4, -0.2) is 81.7 Å². The van der Waals surface area contributed by atoms with Crippen LogP contribution in [-0.2, 0) is 34.6 Å². The molecule has 2 amide bonds. The highest BCUT2D eigenvalue weighted by atomic mass is 32.2. The van der Waals surface area contributed by atoms with E-state index in [1.807, 2.05) is 6.07 Å². The molecule has 0 bridgehead atoms. The summed E-state index contributed by atoms with van der Waals surface area (Å²) in [7, 11) is -2.22. The molecule has 2 aliphatic heterocycles. The van der Waals surface area contributed by atoms with E-state index in [1.165, 1.54) is 9.58 Å². The van der Waals surface area contributed by atoms with Crippen LogP contribution in [0.2, 0.25) is 0 Å². The molecule has 1 N–H and O–H groups in total. The molecule has 0 radical (unpaired) electrons. The van der Waals surface area contributed by atoms with Crippen LogP contribution < -0.4 is 5.32 Å². The molecule has 1 aromatic heterocycles. The first-order chi connectivity index (χ1) is 17.7. The number of carbonyl (C=O) groups excluding carboxylic acids is 2. The largest absolute Gasteiger partial charge is 0.377 e. The number of amides is 2. The van der Waals surface area contributed by atoms with Gasteiger partial charge in [0.25, 0.3) is 18.0 Å². The summed E-state index contributed by atoms with van der Waals surface area (Å²) in [6.07, 6.45) is 2.19. The van der Waals surface area contributed by atoms with E-state index in [1.54, 1.807) is 31.3 Å². The van der Waals surface area contributed by atoms with Gasteiger partial charge in [-0.15, -0.1) is 0 Å². The number of sulfone groups is 1. The molecule has 1 saturated heterocycles. The van der Waals surface area contributed by atoms with Gasteiger partial charge >= 0.3 is 0 Å². The van der Waals surface area contributed by atoms with Crippen LogP contribution >= 0.6 is 0 Å². The lowest BCUT2D eigenvalue weighted by atomic mass is 10.0. The quantitative estimate of drug-likeness (QED) is 0.293. The van der Waals surface area contributed by atoms with Gasteiger partial charge < -0.3 is 20.5 Å². The zero-order chi connectivity index (χ0) is 26.4. The monoisotopic (exact) mass is 523 g/mol.